The summed E-state index contributed by atoms with van der Waals surface area (Å²) in [6.07, 6.45) is 0. The fourth-order valence-corrected chi connectivity index (χ4v) is 1.85. The number of rotatable bonds is 4. The lowest BCUT2D eigenvalue weighted by Crippen LogP contribution is -2.07. The molecule has 0 spiro atoms. The number of ether oxygens (including phenoxy) is 2. The number of halogens is 1. The Kier molecular flexibility index (Phi) is 4.19. The molecule has 0 unspecified atom stereocenters. The maximum absolute atomic E-state index is 11.3. The van der Waals surface area contributed by atoms with Crippen molar-refractivity contribution in [3.8, 4) is 5.75 Å². The van der Waals surface area contributed by atoms with Crippen LogP contribution in [0.5, 0.6) is 5.75 Å². The second-order valence-electron chi connectivity index (χ2n) is 2.95. The molecule has 0 aliphatic carbocycles. The lowest BCUT2D eigenvalue weighted by Gasteiger charge is -2.09. The maximum Gasteiger partial charge on any atom is 0.341 e. The van der Waals surface area contributed by atoms with Crippen LogP contribution < -0.4 is 9.46 Å². The van der Waals surface area contributed by atoms with Gasteiger partial charge in [0.05, 0.1) is 19.9 Å². The van der Waals surface area contributed by atoms with Crippen LogP contribution in [0.1, 0.15) is 10.4 Å². The first-order valence-electron chi connectivity index (χ1n) is 4.36. The van der Waals surface area contributed by atoms with Crippen molar-refractivity contribution in [1.82, 2.24) is 0 Å². The Morgan fingerprint density at radius 3 is 2.47 bits per heavy atom. The minimum Gasteiger partial charge on any atom is -0.496 e. The first-order chi connectivity index (χ1) is 7.87. The molecule has 1 N–H and O–H groups in total. The molecule has 0 aliphatic rings. The number of carbonyl (C=O) groups is 1. The van der Waals surface area contributed by atoms with Crippen molar-refractivity contribution in [3.63, 3.8) is 0 Å². The van der Waals surface area contributed by atoms with Gasteiger partial charge in [-0.2, -0.15) is 8.42 Å². The summed E-state index contributed by atoms with van der Waals surface area (Å²) in [6, 6.07) is 4.07. The van der Waals surface area contributed by atoms with Gasteiger partial charge in [0.25, 0.3) is 0 Å². The summed E-state index contributed by atoms with van der Waals surface area (Å²) >= 11 is 0. The standard InChI is InChI=1S/C9H10ClNO5S/c1-15-8-5-6(11-17(10,13)14)3-4-7(8)9(12)16-2/h3-5,11H,1-2H3. The first kappa shape index (κ1) is 13.6. The van der Waals surface area contributed by atoms with Crippen LogP contribution in [0.2, 0.25) is 0 Å². The summed E-state index contributed by atoms with van der Waals surface area (Å²) in [5, 5.41) is 0. The van der Waals surface area contributed by atoms with Crippen molar-refractivity contribution in [2.24, 2.45) is 0 Å². The molecule has 0 amide bonds. The van der Waals surface area contributed by atoms with Crippen molar-refractivity contribution < 1.29 is 22.7 Å². The normalized spacial score (nSPS) is 10.8. The van der Waals surface area contributed by atoms with E-state index in [1.165, 1.54) is 32.4 Å². The minimum absolute atomic E-state index is 0.183. The van der Waals surface area contributed by atoms with E-state index in [9.17, 15) is 13.2 Å². The van der Waals surface area contributed by atoms with Gasteiger partial charge >= 0.3 is 15.2 Å². The van der Waals surface area contributed by atoms with Gasteiger partial charge in [-0.05, 0) is 12.1 Å². The van der Waals surface area contributed by atoms with E-state index in [-0.39, 0.29) is 17.0 Å². The van der Waals surface area contributed by atoms with Gasteiger partial charge in [0, 0.05) is 16.7 Å². The average molecular weight is 280 g/mol. The van der Waals surface area contributed by atoms with E-state index in [4.69, 9.17) is 15.4 Å². The predicted molar refractivity (Wildman–Crippen MR) is 62.7 cm³/mol. The molecule has 1 rings (SSSR count). The van der Waals surface area contributed by atoms with Gasteiger partial charge in [0.1, 0.15) is 11.3 Å². The third-order valence-electron chi connectivity index (χ3n) is 1.85. The zero-order valence-corrected chi connectivity index (χ0v) is 10.6. The number of benzene rings is 1. The highest BCUT2D eigenvalue weighted by molar-refractivity contribution is 8.14. The Hall–Kier alpha value is -1.47. The smallest absolute Gasteiger partial charge is 0.341 e. The van der Waals surface area contributed by atoms with E-state index in [0.717, 1.165) is 0 Å². The van der Waals surface area contributed by atoms with Crippen LogP contribution in [-0.4, -0.2) is 28.6 Å². The molecule has 0 heterocycles. The first-order valence-corrected chi connectivity index (χ1v) is 6.67. The second kappa shape index (κ2) is 5.24. The molecular formula is C9H10ClNO5S. The Labute approximate surface area is 103 Å². The number of anilines is 1. The van der Waals surface area contributed by atoms with Crippen molar-refractivity contribution in [3.05, 3.63) is 23.8 Å². The van der Waals surface area contributed by atoms with Gasteiger partial charge in [0.15, 0.2) is 0 Å². The van der Waals surface area contributed by atoms with E-state index in [1.54, 1.807) is 0 Å². The highest BCUT2D eigenvalue weighted by Gasteiger charge is 2.14. The van der Waals surface area contributed by atoms with Crippen LogP contribution in [0.25, 0.3) is 0 Å². The Morgan fingerprint density at radius 2 is 2.00 bits per heavy atom. The number of carbonyl (C=O) groups excluding carboxylic acids is 1. The molecule has 0 fully saturated rings. The summed E-state index contributed by atoms with van der Waals surface area (Å²) in [4.78, 5) is 11.3. The fraction of sp³-hybridized carbons (Fsp3) is 0.222. The van der Waals surface area contributed by atoms with Crippen molar-refractivity contribution in [1.29, 1.82) is 0 Å². The lowest BCUT2D eigenvalue weighted by atomic mass is 10.2. The van der Waals surface area contributed by atoms with Crippen LogP contribution >= 0.6 is 10.7 Å². The van der Waals surface area contributed by atoms with Crippen LogP contribution in [0.4, 0.5) is 5.69 Å². The molecule has 0 bridgehead atoms. The Balaban J connectivity index is 3.13. The molecule has 1 aromatic rings. The third kappa shape index (κ3) is 3.79. The van der Waals surface area contributed by atoms with Crippen molar-refractivity contribution in [2.45, 2.75) is 0 Å². The molecule has 0 aromatic heterocycles. The number of esters is 1. The van der Waals surface area contributed by atoms with Crippen LogP contribution in [0.15, 0.2) is 18.2 Å². The average Bonchev–Trinajstić information content (AvgIpc) is 2.25. The highest BCUT2D eigenvalue weighted by Crippen LogP contribution is 2.24. The van der Waals surface area contributed by atoms with Gasteiger partial charge in [-0.3, -0.25) is 4.72 Å². The topological polar surface area (TPSA) is 81.7 Å². The van der Waals surface area contributed by atoms with Gasteiger partial charge in [-0.25, -0.2) is 4.79 Å². The molecule has 0 saturated carbocycles. The monoisotopic (exact) mass is 279 g/mol. The molecule has 17 heavy (non-hydrogen) atoms. The second-order valence-corrected chi connectivity index (χ2v) is 5.25. The summed E-state index contributed by atoms with van der Waals surface area (Å²) in [5.41, 5.74) is 0.372. The van der Waals surface area contributed by atoms with Gasteiger partial charge < -0.3 is 9.47 Å². The molecule has 6 nitrogen and oxygen atoms in total. The third-order valence-corrected chi connectivity index (χ3v) is 2.56. The Morgan fingerprint density at radius 1 is 1.35 bits per heavy atom. The number of hydrogen-bond donors (Lipinski definition) is 1. The molecule has 94 valence electrons. The van der Waals surface area contributed by atoms with E-state index >= 15 is 0 Å². The number of hydrogen-bond acceptors (Lipinski definition) is 5. The largest absolute Gasteiger partial charge is 0.496 e. The Bertz CT molecular complexity index is 528. The molecule has 0 aliphatic heterocycles. The van der Waals surface area contributed by atoms with Crippen LogP contribution in [-0.2, 0) is 14.0 Å². The van der Waals surface area contributed by atoms with E-state index in [1.807, 2.05) is 4.72 Å². The number of nitrogens with one attached hydrogen (secondary N) is 1. The number of methoxy groups -OCH3 is 2. The van der Waals surface area contributed by atoms with Crippen molar-refractivity contribution >= 4 is 31.6 Å². The van der Waals surface area contributed by atoms with Gasteiger partial charge in [-0.1, -0.05) is 0 Å². The SMILES string of the molecule is COC(=O)c1ccc(NS(=O)(=O)Cl)cc1OC. The fourth-order valence-electron chi connectivity index (χ4n) is 1.17. The lowest BCUT2D eigenvalue weighted by molar-refractivity contribution is 0.0597. The molecular weight excluding hydrogens is 270 g/mol. The quantitative estimate of drug-likeness (QED) is 0.665. The van der Waals surface area contributed by atoms with E-state index in [2.05, 4.69) is 4.74 Å². The highest BCUT2D eigenvalue weighted by atomic mass is 35.7. The van der Waals surface area contributed by atoms with Gasteiger partial charge in [-0.15, -0.1) is 0 Å². The predicted octanol–water partition coefficient (Wildman–Crippen LogP) is 1.38. The summed E-state index contributed by atoms with van der Waals surface area (Å²) in [5.74, 6) is -0.399. The summed E-state index contributed by atoms with van der Waals surface area (Å²) < 4.78 is 33.1. The zero-order chi connectivity index (χ0) is 13.1. The van der Waals surface area contributed by atoms with Crippen LogP contribution in [0, 0.1) is 0 Å². The zero-order valence-electron chi connectivity index (χ0n) is 9.06. The van der Waals surface area contributed by atoms with Gasteiger partial charge in [0.2, 0.25) is 0 Å². The summed E-state index contributed by atoms with van der Waals surface area (Å²) in [7, 11) is 3.71. The van der Waals surface area contributed by atoms with E-state index in [0.29, 0.717) is 0 Å². The molecule has 0 saturated heterocycles. The minimum atomic E-state index is -3.89. The maximum atomic E-state index is 11.3. The van der Waals surface area contributed by atoms with E-state index < -0.39 is 15.2 Å². The van der Waals surface area contributed by atoms with Crippen molar-refractivity contribution in [2.75, 3.05) is 18.9 Å². The molecule has 1 aromatic carbocycles. The summed E-state index contributed by atoms with van der Waals surface area (Å²) in [6.45, 7) is 0. The molecule has 0 radical (unpaired) electrons. The van der Waals surface area contributed by atoms with Crippen LogP contribution in [0.3, 0.4) is 0 Å². The molecule has 8 heteroatoms. The molecule has 0 atom stereocenters.